The molecule has 5 nitrogen and oxygen atoms in total. The van der Waals surface area contributed by atoms with Crippen LogP contribution in [-0.4, -0.2) is 52.3 Å². The second kappa shape index (κ2) is 5.70. The first kappa shape index (κ1) is 13.3. The molecule has 0 aliphatic carbocycles. The maximum absolute atomic E-state index is 8.66. The van der Waals surface area contributed by atoms with E-state index in [2.05, 4.69) is 21.0 Å². The molecule has 0 amide bonds. The van der Waals surface area contributed by atoms with Gasteiger partial charge in [0.1, 0.15) is 5.15 Å². The van der Waals surface area contributed by atoms with Crippen LogP contribution in [0.25, 0.3) is 0 Å². The van der Waals surface area contributed by atoms with Gasteiger partial charge in [0.25, 0.3) is 0 Å². The summed E-state index contributed by atoms with van der Waals surface area (Å²) in [5.41, 5.74) is 2.12. The lowest BCUT2D eigenvalue weighted by molar-refractivity contribution is 0.138. The molecule has 1 aliphatic rings. The van der Waals surface area contributed by atoms with E-state index in [1.54, 1.807) is 4.68 Å². The van der Waals surface area contributed by atoms with E-state index in [1.807, 2.05) is 14.0 Å². The van der Waals surface area contributed by atoms with Crippen LogP contribution in [0.1, 0.15) is 11.3 Å². The van der Waals surface area contributed by atoms with E-state index in [4.69, 9.17) is 16.9 Å². The van der Waals surface area contributed by atoms with E-state index < -0.39 is 0 Å². The third-order valence-electron chi connectivity index (χ3n) is 3.41. The number of piperazine rings is 1. The molecule has 18 heavy (non-hydrogen) atoms. The van der Waals surface area contributed by atoms with Gasteiger partial charge in [-0.1, -0.05) is 11.6 Å². The number of aryl methyl sites for hydroxylation is 2. The van der Waals surface area contributed by atoms with Gasteiger partial charge in [-0.15, -0.1) is 0 Å². The molecule has 1 aliphatic heterocycles. The minimum atomic E-state index is 0.528. The zero-order valence-electron chi connectivity index (χ0n) is 10.9. The second-order valence-electron chi connectivity index (χ2n) is 4.69. The summed E-state index contributed by atoms with van der Waals surface area (Å²) in [4.78, 5) is 4.54. The predicted octanol–water partition coefficient (Wildman–Crippen LogP) is 1.02. The van der Waals surface area contributed by atoms with Crippen molar-refractivity contribution in [3.63, 3.8) is 0 Å². The first-order chi connectivity index (χ1) is 8.61. The van der Waals surface area contributed by atoms with Crippen molar-refractivity contribution in [2.75, 3.05) is 32.7 Å². The maximum atomic E-state index is 8.66. The van der Waals surface area contributed by atoms with Crippen molar-refractivity contribution >= 4 is 11.6 Å². The van der Waals surface area contributed by atoms with Crippen molar-refractivity contribution < 1.29 is 0 Å². The molecule has 0 bridgehead atoms. The molecule has 0 aromatic carbocycles. The third-order valence-corrected chi connectivity index (χ3v) is 3.88. The molecule has 6 heteroatoms. The van der Waals surface area contributed by atoms with E-state index in [0.717, 1.165) is 49.1 Å². The normalized spacial score (nSPS) is 17.9. The number of hydrogen-bond donors (Lipinski definition) is 0. The Hall–Kier alpha value is -1.09. The highest BCUT2D eigenvalue weighted by molar-refractivity contribution is 6.30. The van der Waals surface area contributed by atoms with Crippen LogP contribution >= 0.6 is 11.6 Å². The second-order valence-corrected chi connectivity index (χ2v) is 5.05. The third kappa shape index (κ3) is 2.83. The van der Waals surface area contributed by atoms with Crippen LogP contribution < -0.4 is 0 Å². The molecule has 0 unspecified atom stereocenters. The molecular formula is C12H18ClN5. The number of hydrogen-bond acceptors (Lipinski definition) is 4. The molecule has 0 atom stereocenters. The van der Waals surface area contributed by atoms with Crippen molar-refractivity contribution in [2.24, 2.45) is 7.05 Å². The molecule has 0 radical (unpaired) electrons. The Balaban J connectivity index is 1.94. The molecule has 98 valence electrons. The van der Waals surface area contributed by atoms with Gasteiger partial charge in [-0.3, -0.25) is 14.5 Å². The number of aromatic nitrogens is 2. The Kier molecular flexibility index (Phi) is 4.23. The van der Waals surface area contributed by atoms with Crippen molar-refractivity contribution in [1.82, 2.24) is 19.6 Å². The molecule has 2 heterocycles. The number of nitriles is 1. The molecule has 1 saturated heterocycles. The lowest BCUT2D eigenvalue weighted by Crippen LogP contribution is -2.45. The van der Waals surface area contributed by atoms with Crippen molar-refractivity contribution in [2.45, 2.75) is 13.5 Å². The fourth-order valence-electron chi connectivity index (χ4n) is 2.28. The zero-order chi connectivity index (χ0) is 13.1. The largest absolute Gasteiger partial charge is 0.296 e. The minimum absolute atomic E-state index is 0.528. The molecule has 0 spiro atoms. The van der Waals surface area contributed by atoms with E-state index in [9.17, 15) is 0 Å². The van der Waals surface area contributed by atoms with Crippen LogP contribution in [0.15, 0.2) is 0 Å². The summed E-state index contributed by atoms with van der Waals surface area (Å²) < 4.78 is 1.72. The van der Waals surface area contributed by atoms with Crippen LogP contribution in [0.2, 0.25) is 5.15 Å². The van der Waals surface area contributed by atoms with Gasteiger partial charge >= 0.3 is 0 Å². The average molecular weight is 268 g/mol. The summed E-state index contributed by atoms with van der Waals surface area (Å²) in [6.07, 6.45) is 0. The first-order valence-electron chi connectivity index (χ1n) is 6.11. The quantitative estimate of drug-likeness (QED) is 0.768. The SMILES string of the molecule is Cc1nn(C)c(Cl)c1CN1CCN(CC#N)CC1. The van der Waals surface area contributed by atoms with Gasteiger partial charge in [0, 0.05) is 45.3 Å². The standard InChI is InChI=1S/C12H18ClN5/c1-10-11(12(13)16(2)15-10)9-18-7-5-17(4-3-14)6-8-18/h4-9H2,1-2H3. The fraction of sp³-hybridized carbons (Fsp3) is 0.667. The Labute approximate surface area is 113 Å². The molecule has 1 aromatic rings. The first-order valence-corrected chi connectivity index (χ1v) is 6.49. The van der Waals surface area contributed by atoms with Gasteiger partial charge in [0.05, 0.1) is 18.3 Å². The number of halogens is 1. The van der Waals surface area contributed by atoms with Crippen molar-refractivity contribution in [1.29, 1.82) is 5.26 Å². The van der Waals surface area contributed by atoms with E-state index in [0.29, 0.717) is 6.54 Å². The van der Waals surface area contributed by atoms with Crippen molar-refractivity contribution in [3.8, 4) is 6.07 Å². The Morgan fingerprint density at radius 2 is 1.89 bits per heavy atom. The minimum Gasteiger partial charge on any atom is -0.296 e. The van der Waals surface area contributed by atoms with Gasteiger partial charge in [-0.25, -0.2) is 0 Å². The van der Waals surface area contributed by atoms with E-state index in [-0.39, 0.29) is 0 Å². The summed E-state index contributed by atoms with van der Waals surface area (Å²) in [5.74, 6) is 0. The topological polar surface area (TPSA) is 48.1 Å². The van der Waals surface area contributed by atoms with E-state index in [1.165, 1.54) is 0 Å². The zero-order valence-corrected chi connectivity index (χ0v) is 11.6. The van der Waals surface area contributed by atoms with Gasteiger partial charge in [-0.2, -0.15) is 10.4 Å². The summed E-state index contributed by atoms with van der Waals surface area (Å²) >= 11 is 6.23. The van der Waals surface area contributed by atoms with Gasteiger partial charge in [0.15, 0.2) is 0 Å². The molecule has 1 aromatic heterocycles. The van der Waals surface area contributed by atoms with Crippen LogP contribution in [-0.2, 0) is 13.6 Å². The monoisotopic (exact) mass is 267 g/mol. The average Bonchev–Trinajstić information content (AvgIpc) is 2.59. The van der Waals surface area contributed by atoms with Gasteiger partial charge in [-0.05, 0) is 6.92 Å². The molecule has 1 fully saturated rings. The molecular weight excluding hydrogens is 250 g/mol. The van der Waals surface area contributed by atoms with Crippen molar-refractivity contribution in [3.05, 3.63) is 16.4 Å². The molecule has 0 saturated carbocycles. The molecule has 2 rings (SSSR count). The highest BCUT2D eigenvalue weighted by Crippen LogP contribution is 2.21. The summed E-state index contributed by atoms with van der Waals surface area (Å²) in [5, 5.41) is 13.7. The highest BCUT2D eigenvalue weighted by atomic mass is 35.5. The van der Waals surface area contributed by atoms with E-state index >= 15 is 0 Å². The predicted molar refractivity (Wildman–Crippen MR) is 70.3 cm³/mol. The van der Waals surface area contributed by atoms with Crippen LogP contribution in [0, 0.1) is 18.3 Å². The Morgan fingerprint density at radius 3 is 2.39 bits per heavy atom. The van der Waals surface area contributed by atoms with Crippen LogP contribution in [0.5, 0.6) is 0 Å². The molecule has 0 N–H and O–H groups in total. The lowest BCUT2D eigenvalue weighted by Gasteiger charge is -2.33. The van der Waals surface area contributed by atoms with Crippen LogP contribution in [0.3, 0.4) is 0 Å². The smallest absolute Gasteiger partial charge is 0.131 e. The lowest BCUT2D eigenvalue weighted by atomic mass is 10.2. The fourth-order valence-corrected chi connectivity index (χ4v) is 2.52. The van der Waals surface area contributed by atoms with Gasteiger partial charge in [0.2, 0.25) is 0 Å². The number of rotatable bonds is 3. The summed E-state index contributed by atoms with van der Waals surface area (Å²) in [6, 6.07) is 2.20. The Morgan fingerprint density at radius 1 is 1.28 bits per heavy atom. The van der Waals surface area contributed by atoms with Gasteiger partial charge < -0.3 is 0 Å². The summed E-state index contributed by atoms with van der Waals surface area (Å²) in [7, 11) is 1.86. The summed E-state index contributed by atoms with van der Waals surface area (Å²) in [6.45, 7) is 7.22. The van der Waals surface area contributed by atoms with Crippen LogP contribution in [0.4, 0.5) is 0 Å². The number of nitrogens with zero attached hydrogens (tertiary/aromatic N) is 5. The maximum Gasteiger partial charge on any atom is 0.131 e. The highest BCUT2D eigenvalue weighted by Gasteiger charge is 2.19. The Bertz CT molecular complexity index is 454.